The average molecular weight is 246 g/mol. The van der Waals surface area contributed by atoms with Crippen LogP contribution in [0.1, 0.15) is 0 Å². The Morgan fingerprint density at radius 2 is 1.11 bits per heavy atom. The highest BCUT2D eigenvalue weighted by Crippen LogP contribution is 2.13. The molecule has 0 spiro atoms. The summed E-state index contributed by atoms with van der Waals surface area (Å²) in [5.41, 5.74) is 12.4. The predicted molar refractivity (Wildman–Crippen MR) is 74.8 cm³/mol. The topological polar surface area (TPSA) is 70.5 Å². The maximum absolute atomic E-state index is 5.45. The number of hydrogen-bond acceptors (Lipinski definition) is 4. The van der Waals surface area contributed by atoms with E-state index in [4.69, 9.17) is 20.9 Å². The maximum atomic E-state index is 5.45. The van der Waals surface area contributed by atoms with Gasteiger partial charge in [-0.05, 0) is 24.3 Å². The summed E-state index contributed by atoms with van der Waals surface area (Å²) in [5, 5.41) is 0. The second kappa shape index (κ2) is 7.06. The Kier molecular flexibility index (Phi) is 5.38. The van der Waals surface area contributed by atoms with Crippen molar-refractivity contribution in [2.75, 3.05) is 25.7 Å². The van der Waals surface area contributed by atoms with Gasteiger partial charge in [-0.2, -0.15) is 0 Å². The molecule has 0 bridgehead atoms. The van der Waals surface area contributed by atoms with Gasteiger partial charge in [0.25, 0.3) is 0 Å². The molecule has 0 amide bonds. The highest BCUT2D eigenvalue weighted by Gasteiger charge is 1.88. The van der Waals surface area contributed by atoms with E-state index in [1.54, 1.807) is 26.4 Å². The molecule has 96 valence electrons. The Bertz CT molecular complexity index is 441. The van der Waals surface area contributed by atoms with Crippen molar-refractivity contribution in [1.29, 1.82) is 0 Å². The molecule has 2 aromatic rings. The number of ether oxygens (including phenoxy) is 2. The van der Waals surface area contributed by atoms with E-state index in [2.05, 4.69) is 0 Å². The molecule has 0 aromatic heterocycles. The summed E-state index contributed by atoms with van der Waals surface area (Å²) in [6.45, 7) is 0. The molecule has 0 saturated heterocycles. The van der Waals surface area contributed by atoms with Crippen LogP contribution in [0, 0.1) is 0 Å². The number of nitrogen functional groups attached to an aromatic ring is 2. The molecule has 18 heavy (non-hydrogen) atoms. The largest absolute Gasteiger partial charge is 0.497 e. The summed E-state index contributed by atoms with van der Waals surface area (Å²) >= 11 is 0. The second-order valence-electron chi connectivity index (χ2n) is 3.55. The van der Waals surface area contributed by atoms with E-state index in [-0.39, 0.29) is 0 Å². The van der Waals surface area contributed by atoms with E-state index in [1.165, 1.54) is 0 Å². The van der Waals surface area contributed by atoms with Crippen LogP contribution in [0.5, 0.6) is 11.5 Å². The fourth-order valence-corrected chi connectivity index (χ4v) is 1.28. The quantitative estimate of drug-likeness (QED) is 0.799. The monoisotopic (exact) mass is 246 g/mol. The number of rotatable bonds is 2. The molecule has 0 aliphatic carbocycles. The van der Waals surface area contributed by atoms with Crippen LogP contribution in [0.25, 0.3) is 0 Å². The fourth-order valence-electron chi connectivity index (χ4n) is 1.28. The van der Waals surface area contributed by atoms with Crippen molar-refractivity contribution >= 4 is 11.4 Å². The van der Waals surface area contributed by atoms with Crippen LogP contribution < -0.4 is 20.9 Å². The summed E-state index contributed by atoms with van der Waals surface area (Å²) in [5.74, 6) is 1.60. The van der Waals surface area contributed by atoms with Gasteiger partial charge in [0.2, 0.25) is 0 Å². The molecule has 4 heteroatoms. The SMILES string of the molecule is COc1cccc(N)c1.COc1cccc(N)c1. The standard InChI is InChI=1S/2C7H9NO/c2*1-9-7-4-2-3-6(8)5-7/h2*2-5H,8H2,1H3. The van der Waals surface area contributed by atoms with Gasteiger partial charge in [0.05, 0.1) is 14.2 Å². The van der Waals surface area contributed by atoms with Crippen LogP contribution in [-0.4, -0.2) is 14.2 Å². The highest BCUT2D eigenvalue weighted by molar-refractivity contribution is 5.44. The van der Waals surface area contributed by atoms with Crippen LogP contribution in [0.2, 0.25) is 0 Å². The van der Waals surface area contributed by atoms with Gasteiger partial charge in [0, 0.05) is 23.5 Å². The third-order valence-corrected chi connectivity index (χ3v) is 2.19. The van der Waals surface area contributed by atoms with Crippen LogP contribution >= 0.6 is 0 Å². The lowest BCUT2D eigenvalue weighted by atomic mass is 10.3. The minimum Gasteiger partial charge on any atom is -0.497 e. The van der Waals surface area contributed by atoms with Crippen molar-refractivity contribution in [3.8, 4) is 11.5 Å². The summed E-state index contributed by atoms with van der Waals surface area (Å²) in [4.78, 5) is 0. The van der Waals surface area contributed by atoms with Crippen molar-refractivity contribution in [1.82, 2.24) is 0 Å². The first kappa shape index (κ1) is 13.7. The number of nitrogens with two attached hydrogens (primary N) is 2. The number of hydrogen-bond donors (Lipinski definition) is 2. The molecule has 0 heterocycles. The lowest BCUT2D eigenvalue weighted by Gasteiger charge is -1.97. The van der Waals surface area contributed by atoms with Gasteiger partial charge >= 0.3 is 0 Å². The molecule has 4 nitrogen and oxygen atoms in total. The average Bonchev–Trinajstić information content (AvgIpc) is 2.39. The summed E-state index contributed by atoms with van der Waals surface area (Å²) in [6, 6.07) is 14.6. The lowest BCUT2D eigenvalue weighted by molar-refractivity contribution is 0.415. The van der Waals surface area contributed by atoms with Crippen LogP contribution in [0.3, 0.4) is 0 Å². The Balaban J connectivity index is 0.000000180. The molecule has 4 N–H and O–H groups in total. The molecule has 0 aliphatic rings. The van der Waals surface area contributed by atoms with Crippen LogP contribution in [0.4, 0.5) is 11.4 Å². The summed E-state index contributed by atoms with van der Waals surface area (Å²) in [7, 11) is 3.24. The number of methoxy groups -OCH3 is 2. The van der Waals surface area contributed by atoms with E-state index in [1.807, 2.05) is 36.4 Å². The first-order valence-electron chi connectivity index (χ1n) is 5.44. The minimum atomic E-state index is 0.731. The van der Waals surface area contributed by atoms with E-state index < -0.39 is 0 Å². The molecular formula is C14H18N2O2. The second-order valence-corrected chi connectivity index (χ2v) is 3.55. The smallest absolute Gasteiger partial charge is 0.120 e. The Labute approximate surface area is 107 Å². The number of benzene rings is 2. The Morgan fingerprint density at radius 3 is 1.33 bits per heavy atom. The normalized spacial score (nSPS) is 9.00. The Morgan fingerprint density at radius 1 is 0.722 bits per heavy atom. The van der Waals surface area contributed by atoms with Gasteiger partial charge in [-0.3, -0.25) is 0 Å². The molecule has 0 aliphatic heterocycles. The van der Waals surface area contributed by atoms with Gasteiger partial charge in [-0.15, -0.1) is 0 Å². The van der Waals surface area contributed by atoms with Gasteiger partial charge in [-0.1, -0.05) is 12.1 Å². The molecule has 0 unspecified atom stereocenters. The molecule has 0 saturated carbocycles. The zero-order chi connectivity index (χ0) is 13.4. The first-order chi connectivity index (χ1) is 8.65. The van der Waals surface area contributed by atoms with Crippen molar-refractivity contribution in [3.63, 3.8) is 0 Å². The van der Waals surface area contributed by atoms with E-state index in [0.717, 1.165) is 22.9 Å². The van der Waals surface area contributed by atoms with Crippen LogP contribution in [-0.2, 0) is 0 Å². The number of anilines is 2. The third-order valence-electron chi connectivity index (χ3n) is 2.19. The van der Waals surface area contributed by atoms with E-state index in [9.17, 15) is 0 Å². The molecule has 0 radical (unpaired) electrons. The fraction of sp³-hybridized carbons (Fsp3) is 0.143. The summed E-state index contributed by atoms with van der Waals surface area (Å²) in [6.07, 6.45) is 0. The zero-order valence-electron chi connectivity index (χ0n) is 10.6. The molecule has 0 fully saturated rings. The van der Waals surface area contributed by atoms with Crippen molar-refractivity contribution in [2.45, 2.75) is 0 Å². The van der Waals surface area contributed by atoms with E-state index in [0.29, 0.717) is 0 Å². The van der Waals surface area contributed by atoms with Gasteiger partial charge in [-0.25, -0.2) is 0 Å². The molecular weight excluding hydrogens is 228 g/mol. The maximum Gasteiger partial charge on any atom is 0.120 e. The third kappa shape index (κ3) is 4.65. The molecule has 2 rings (SSSR count). The molecule has 2 aromatic carbocycles. The zero-order valence-corrected chi connectivity index (χ0v) is 10.6. The highest BCUT2D eigenvalue weighted by atomic mass is 16.5. The van der Waals surface area contributed by atoms with Crippen LogP contribution in [0.15, 0.2) is 48.5 Å². The van der Waals surface area contributed by atoms with Gasteiger partial charge in [0.15, 0.2) is 0 Å². The van der Waals surface area contributed by atoms with Crippen molar-refractivity contribution in [2.24, 2.45) is 0 Å². The van der Waals surface area contributed by atoms with Crippen molar-refractivity contribution in [3.05, 3.63) is 48.5 Å². The lowest BCUT2D eigenvalue weighted by Crippen LogP contribution is -1.86. The van der Waals surface area contributed by atoms with Crippen molar-refractivity contribution < 1.29 is 9.47 Å². The Hall–Kier alpha value is -2.36. The van der Waals surface area contributed by atoms with E-state index >= 15 is 0 Å². The first-order valence-corrected chi connectivity index (χ1v) is 5.44. The molecule has 0 atom stereocenters. The summed E-state index contributed by atoms with van der Waals surface area (Å²) < 4.78 is 9.83. The minimum absolute atomic E-state index is 0.731. The van der Waals surface area contributed by atoms with Gasteiger partial charge < -0.3 is 20.9 Å². The van der Waals surface area contributed by atoms with Gasteiger partial charge in [0.1, 0.15) is 11.5 Å². The predicted octanol–water partition coefficient (Wildman–Crippen LogP) is 2.55.